The van der Waals surface area contributed by atoms with E-state index >= 15 is 0 Å². The summed E-state index contributed by atoms with van der Waals surface area (Å²) in [6.45, 7) is 13.9. The summed E-state index contributed by atoms with van der Waals surface area (Å²) in [6.07, 6.45) is 8.06. The molecule has 1 aliphatic heterocycles. The van der Waals surface area contributed by atoms with Crippen molar-refractivity contribution in [1.29, 1.82) is 0 Å². The van der Waals surface area contributed by atoms with Crippen molar-refractivity contribution in [3.8, 4) is 5.69 Å². The Hall–Kier alpha value is -3.68. The van der Waals surface area contributed by atoms with Gasteiger partial charge in [-0.15, -0.1) is 0 Å². The highest BCUT2D eigenvalue weighted by atomic mass is 19.1. The predicted octanol–water partition coefficient (Wildman–Crippen LogP) is 6.37. The fourth-order valence-corrected chi connectivity index (χ4v) is 4.82. The zero-order valence-electron chi connectivity index (χ0n) is 23.5. The molecule has 3 aromatic rings. The number of amides is 2. The van der Waals surface area contributed by atoms with Gasteiger partial charge in [0.25, 0.3) is 5.91 Å². The topological polar surface area (TPSA) is 67.7 Å². The fraction of sp³-hybridized carbons (Fsp3) is 0.433. The Bertz CT molecular complexity index is 1420. The van der Waals surface area contributed by atoms with Crippen LogP contribution in [0.5, 0.6) is 0 Å². The van der Waals surface area contributed by atoms with Crippen molar-refractivity contribution in [1.82, 2.24) is 19.4 Å². The molecule has 0 spiro atoms. The molecule has 0 aliphatic carbocycles. The van der Waals surface area contributed by atoms with Crippen LogP contribution in [0.3, 0.4) is 0 Å². The Morgan fingerprint density at radius 2 is 1.95 bits per heavy atom. The lowest BCUT2D eigenvalue weighted by atomic mass is 10.1. The average molecular weight is 521 g/mol. The maximum absolute atomic E-state index is 14.3. The quantitative estimate of drug-likeness (QED) is 0.401. The molecule has 8 heteroatoms. The van der Waals surface area contributed by atoms with Crippen LogP contribution in [0.2, 0.25) is 0 Å². The van der Waals surface area contributed by atoms with Gasteiger partial charge in [-0.3, -0.25) is 9.78 Å². The van der Waals surface area contributed by atoms with Crippen molar-refractivity contribution >= 4 is 29.0 Å². The molecule has 2 aromatic heterocycles. The van der Waals surface area contributed by atoms with E-state index in [4.69, 9.17) is 4.74 Å². The molecule has 7 nitrogen and oxygen atoms in total. The molecular weight excluding hydrogens is 483 g/mol. The van der Waals surface area contributed by atoms with Crippen LogP contribution in [0, 0.1) is 12.7 Å². The summed E-state index contributed by atoms with van der Waals surface area (Å²) >= 11 is 0. The van der Waals surface area contributed by atoms with Gasteiger partial charge in [-0.1, -0.05) is 6.08 Å². The number of aryl methyl sites for hydroxylation is 1. The third-order valence-electron chi connectivity index (χ3n) is 6.93. The number of nitrogens with zero attached hydrogens (tertiary/aromatic N) is 4. The summed E-state index contributed by atoms with van der Waals surface area (Å²) in [5, 5.41) is 0.996. The number of fused-ring (bicyclic) bond motifs is 1. The van der Waals surface area contributed by atoms with Gasteiger partial charge >= 0.3 is 6.09 Å². The second-order valence-corrected chi connectivity index (χ2v) is 11.4. The van der Waals surface area contributed by atoms with Crippen LogP contribution in [0.4, 0.5) is 9.18 Å². The lowest BCUT2D eigenvalue weighted by Gasteiger charge is -2.26. The van der Waals surface area contributed by atoms with Gasteiger partial charge in [0.2, 0.25) is 0 Å². The number of hydrogen-bond acceptors (Lipinski definition) is 4. The number of hydrogen-bond donors (Lipinski definition) is 0. The molecule has 3 heterocycles. The van der Waals surface area contributed by atoms with E-state index in [1.807, 2.05) is 65.4 Å². The van der Waals surface area contributed by atoms with Gasteiger partial charge in [0.1, 0.15) is 11.4 Å². The number of likely N-dealkylation sites (tertiary alicyclic amines) is 1. The summed E-state index contributed by atoms with van der Waals surface area (Å²) in [5.74, 6) is -0.723. The smallest absolute Gasteiger partial charge is 0.410 e. The highest BCUT2D eigenvalue weighted by Crippen LogP contribution is 2.33. The molecule has 1 aromatic carbocycles. The Balaban J connectivity index is 1.80. The van der Waals surface area contributed by atoms with Crippen molar-refractivity contribution in [2.24, 2.45) is 0 Å². The SMILES string of the molecule is Cc1cncc2c1c(/C=C1\C[C@H](C)N(C(=O)OC(C)(C)C)C1)cn2-c1ccc(F)cc1C(=O)N(C)C(C)C. The molecule has 202 valence electrons. The van der Waals surface area contributed by atoms with Gasteiger partial charge in [-0.2, -0.15) is 0 Å². The lowest BCUT2D eigenvalue weighted by molar-refractivity contribution is 0.0242. The second-order valence-electron chi connectivity index (χ2n) is 11.4. The molecule has 2 amide bonds. The van der Waals surface area contributed by atoms with E-state index in [2.05, 4.69) is 11.1 Å². The normalized spacial score (nSPS) is 17.1. The number of ether oxygens (including phenoxy) is 1. The first-order chi connectivity index (χ1) is 17.8. The zero-order chi connectivity index (χ0) is 27.9. The predicted molar refractivity (Wildman–Crippen MR) is 148 cm³/mol. The number of halogens is 1. The molecule has 0 unspecified atom stereocenters. The van der Waals surface area contributed by atoms with Crippen LogP contribution in [-0.4, -0.2) is 62.6 Å². The van der Waals surface area contributed by atoms with E-state index < -0.39 is 11.4 Å². The van der Waals surface area contributed by atoms with Crippen LogP contribution >= 0.6 is 0 Å². The molecule has 0 radical (unpaired) electrons. The van der Waals surface area contributed by atoms with Crippen molar-refractivity contribution in [3.05, 3.63) is 64.9 Å². The third kappa shape index (κ3) is 5.44. The van der Waals surface area contributed by atoms with Crippen LogP contribution in [0.15, 0.2) is 42.4 Å². The molecule has 0 N–H and O–H groups in total. The summed E-state index contributed by atoms with van der Waals surface area (Å²) < 4.78 is 21.9. The molecule has 1 saturated heterocycles. The van der Waals surface area contributed by atoms with Crippen LogP contribution in [-0.2, 0) is 4.74 Å². The number of pyridine rings is 1. The van der Waals surface area contributed by atoms with Crippen LogP contribution in [0.25, 0.3) is 22.7 Å². The Morgan fingerprint density at radius 1 is 1.24 bits per heavy atom. The van der Waals surface area contributed by atoms with Crippen LogP contribution < -0.4 is 0 Å². The first-order valence-electron chi connectivity index (χ1n) is 13.0. The molecular formula is C30H37FN4O3. The Morgan fingerprint density at radius 3 is 2.61 bits per heavy atom. The summed E-state index contributed by atoms with van der Waals surface area (Å²) in [7, 11) is 1.72. The first-order valence-corrected chi connectivity index (χ1v) is 13.0. The second kappa shape index (κ2) is 10.2. The van der Waals surface area contributed by atoms with Gasteiger partial charge in [-0.25, -0.2) is 9.18 Å². The standard InChI is InChI=1S/C30H37FN4O3/c1-18(2)33(8)28(36)24-13-23(31)9-10-25(24)35-17-22(27-19(3)14-32-15-26(27)35)12-21-11-20(4)34(16-21)29(37)38-30(5,6)7/h9-10,12-15,17-18,20H,11,16H2,1-8H3/b21-12+/t20-/m0/s1. The fourth-order valence-electron chi connectivity index (χ4n) is 4.82. The number of aromatic nitrogens is 2. The van der Waals surface area contributed by atoms with E-state index in [0.717, 1.165) is 34.0 Å². The van der Waals surface area contributed by atoms with Crippen molar-refractivity contribution in [2.45, 2.75) is 72.6 Å². The van der Waals surface area contributed by atoms with E-state index in [-0.39, 0.29) is 29.6 Å². The molecule has 4 rings (SSSR count). The van der Waals surface area contributed by atoms with Gasteiger partial charge in [0, 0.05) is 49.0 Å². The van der Waals surface area contributed by atoms with Gasteiger partial charge < -0.3 is 19.1 Å². The summed E-state index contributed by atoms with van der Waals surface area (Å²) in [5.41, 5.74) is 4.17. The minimum Gasteiger partial charge on any atom is -0.444 e. The number of rotatable bonds is 4. The summed E-state index contributed by atoms with van der Waals surface area (Å²) in [6, 6.07) is 4.27. The molecule has 1 fully saturated rings. The largest absolute Gasteiger partial charge is 0.444 e. The number of carbonyl (C=O) groups is 2. The van der Waals surface area contributed by atoms with Crippen molar-refractivity contribution < 1.29 is 18.7 Å². The van der Waals surface area contributed by atoms with Crippen LogP contribution in [0.1, 0.15) is 69.4 Å². The number of carbonyl (C=O) groups excluding carboxylic acids is 2. The van der Waals surface area contributed by atoms with Gasteiger partial charge in [0.15, 0.2) is 0 Å². The zero-order valence-corrected chi connectivity index (χ0v) is 23.5. The Labute approximate surface area is 223 Å². The van der Waals surface area contributed by atoms with E-state index in [1.165, 1.54) is 12.1 Å². The highest BCUT2D eigenvalue weighted by Gasteiger charge is 2.32. The number of benzene rings is 1. The molecule has 1 aliphatic rings. The molecule has 38 heavy (non-hydrogen) atoms. The van der Waals surface area contributed by atoms with Gasteiger partial charge in [-0.05, 0) is 84.2 Å². The van der Waals surface area contributed by atoms with Crippen molar-refractivity contribution in [2.75, 3.05) is 13.6 Å². The molecule has 1 atom stereocenters. The molecule has 0 saturated carbocycles. The third-order valence-corrected chi connectivity index (χ3v) is 6.93. The average Bonchev–Trinajstić information content (AvgIpc) is 3.38. The monoisotopic (exact) mass is 520 g/mol. The van der Waals surface area contributed by atoms with E-state index in [0.29, 0.717) is 12.2 Å². The minimum atomic E-state index is -0.561. The van der Waals surface area contributed by atoms with E-state index in [1.54, 1.807) is 29.1 Å². The minimum absolute atomic E-state index is 0.0140. The van der Waals surface area contributed by atoms with Gasteiger partial charge in [0.05, 0.1) is 23.0 Å². The lowest BCUT2D eigenvalue weighted by Crippen LogP contribution is -2.38. The summed E-state index contributed by atoms with van der Waals surface area (Å²) in [4.78, 5) is 33.8. The maximum atomic E-state index is 14.3. The maximum Gasteiger partial charge on any atom is 0.410 e. The highest BCUT2D eigenvalue weighted by molar-refractivity contribution is 6.00. The Kier molecular flexibility index (Phi) is 7.37. The van der Waals surface area contributed by atoms with Crippen molar-refractivity contribution in [3.63, 3.8) is 0 Å². The first kappa shape index (κ1) is 27.4. The van der Waals surface area contributed by atoms with E-state index in [9.17, 15) is 14.0 Å². The molecule has 0 bridgehead atoms.